The normalized spacial score (nSPS) is 12.4. The topological polar surface area (TPSA) is 43.4 Å². The van der Waals surface area contributed by atoms with Crippen LogP contribution in [0.4, 0.5) is 0 Å². The SMILES string of the molecule is COCCS(=O)CC(=O)c1cc(C)c(C)cc1C. The quantitative estimate of drug-likeness (QED) is 0.743. The van der Waals surface area contributed by atoms with Crippen LogP contribution < -0.4 is 0 Å². The molecule has 100 valence electrons. The molecule has 0 bridgehead atoms. The molecule has 0 radical (unpaired) electrons. The van der Waals surface area contributed by atoms with Crippen LogP contribution in [0.25, 0.3) is 0 Å². The van der Waals surface area contributed by atoms with Gasteiger partial charge in [0.15, 0.2) is 5.78 Å². The minimum atomic E-state index is -1.15. The van der Waals surface area contributed by atoms with Crippen molar-refractivity contribution in [3.05, 3.63) is 34.4 Å². The highest BCUT2D eigenvalue weighted by Gasteiger charge is 2.13. The molecule has 0 aliphatic rings. The van der Waals surface area contributed by atoms with Gasteiger partial charge in [-0.25, -0.2) is 0 Å². The second kappa shape index (κ2) is 6.81. The Hall–Kier alpha value is -1.00. The highest BCUT2D eigenvalue weighted by molar-refractivity contribution is 7.85. The van der Waals surface area contributed by atoms with Crippen LogP contribution in [0.15, 0.2) is 12.1 Å². The summed E-state index contributed by atoms with van der Waals surface area (Å²) < 4.78 is 16.5. The van der Waals surface area contributed by atoms with Crippen molar-refractivity contribution in [3.8, 4) is 0 Å². The van der Waals surface area contributed by atoms with Gasteiger partial charge in [0.1, 0.15) is 0 Å². The average Bonchev–Trinajstić information content (AvgIpc) is 2.31. The lowest BCUT2D eigenvalue weighted by molar-refractivity contribution is 0.102. The lowest BCUT2D eigenvalue weighted by Gasteiger charge is -2.09. The van der Waals surface area contributed by atoms with Gasteiger partial charge in [0.25, 0.3) is 0 Å². The monoisotopic (exact) mass is 268 g/mol. The molecule has 1 aromatic rings. The third-order valence-electron chi connectivity index (χ3n) is 2.95. The predicted molar refractivity (Wildman–Crippen MR) is 74.7 cm³/mol. The van der Waals surface area contributed by atoms with Crippen molar-refractivity contribution in [2.45, 2.75) is 20.8 Å². The van der Waals surface area contributed by atoms with Crippen LogP contribution in [0.1, 0.15) is 27.0 Å². The van der Waals surface area contributed by atoms with Gasteiger partial charge in [0, 0.05) is 29.2 Å². The molecule has 1 atom stereocenters. The van der Waals surface area contributed by atoms with Crippen LogP contribution in [0.3, 0.4) is 0 Å². The van der Waals surface area contributed by atoms with E-state index < -0.39 is 10.8 Å². The van der Waals surface area contributed by atoms with E-state index in [0.29, 0.717) is 17.9 Å². The number of rotatable bonds is 6. The van der Waals surface area contributed by atoms with Crippen molar-refractivity contribution in [2.24, 2.45) is 0 Å². The van der Waals surface area contributed by atoms with Crippen molar-refractivity contribution in [2.75, 3.05) is 25.2 Å². The van der Waals surface area contributed by atoms with Gasteiger partial charge in [-0.3, -0.25) is 9.00 Å². The number of hydrogen-bond donors (Lipinski definition) is 0. The van der Waals surface area contributed by atoms with E-state index in [0.717, 1.165) is 11.1 Å². The Morgan fingerprint density at radius 2 is 1.78 bits per heavy atom. The minimum Gasteiger partial charge on any atom is -0.384 e. The Balaban J connectivity index is 2.78. The predicted octanol–water partition coefficient (Wildman–Crippen LogP) is 2.19. The highest BCUT2D eigenvalue weighted by atomic mass is 32.2. The lowest BCUT2D eigenvalue weighted by Crippen LogP contribution is -2.16. The summed E-state index contributed by atoms with van der Waals surface area (Å²) in [6, 6.07) is 3.89. The van der Waals surface area contributed by atoms with Gasteiger partial charge in [-0.2, -0.15) is 0 Å². The number of hydrogen-bond acceptors (Lipinski definition) is 3. The Morgan fingerprint density at radius 3 is 2.39 bits per heavy atom. The van der Waals surface area contributed by atoms with Crippen molar-refractivity contribution < 1.29 is 13.7 Å². The zero-order valence-corrected chi connectivity index (χ0v) is 12.2. The van der Waals surface area contributed by atoms with Gasteiger partial charge in [-0.15, -0.1) is 0 Å². The van der Waals surface area contributed by atoms with Crippen LogP contribution in [0.5, 0.6) is 0 Å². The van der Waals surface area contributed by atoms with Crippen LogP contribution in [0, 0.1) is 20.8 Å². The van der Waals surface area contributed by atoms with Crippen molar-refractivity contribution in [1.29, 1.82) is 0 Å². The number of carbonyl (C=O) groups excluding carboxylic acids is 1. The molecule has 0 saturated heterocycles. The Kier molecular flexibility index (Phi) is 5.69. The zero-order chi connectivity index (χ0) is 13.7. The minimum absolute atomic E-state index is 0.0509. The van der Waals surface area contributed by atoms with Crippen LogP contribution in [-0.2, 0) is 15.5 Å². The maximum absolute atomic E-state index is 12.1. The Morgan fingerprint density at radius 1 is 1.17 bits per heavy atom. The molecule has 0 N–H and O–H groups in total. The van der Waals surface area contributed by atoms with Crippen molar-refractivity contribution in [1.82, 2.24) is 0 Å². The van der Waals surface area contributed by atoms with E-state index in [-0.39, 0.29) is 11.5 Å². The van der Waals surface area contributed by atoms with Crippen LogP contribution in [0.2, 0.25) is 0 Å². The fourth-order valence-corrected chi connectivity index (χ4v) is 2.68. The molecule has 0 aromatic heterocycles. The molecular weight excluding hydrogens is 248 g/mol. The number of carbonyl (C=O) groups is 1. The lowest BCUT2D eigenvalue weighted by atomic mass is 9.99. The molecule has 1 rings (SSSR count). The first-order chi connectivity index (χ1) is 8.45. The molecule has 0 amide bonds. The number of ketones is 1. The van der Waals surface area contributed by atoms with Gasteiger partial charge in [-0.05, 0) is 43.5 Å². The molecule has 0 aliphatic heterocycles. The maximum atomic E-state index is 12.1. The molecular formula is C14H20O3S. The van der Waals surface area contributed by atoms with Gasteiger partial charge in [0.05, 0.1) is 12.4 Å². The van der Waals surface area contributed by atoms with E-state index in [2.05, 4.69) is 0 Å². The summed E-state index contributed by atoms with van der Waals surface area (Å²) >= 11 is 0. The summed E-state index contributed by atoms with van der Waals surface area (Å²) in [7, 11) is 0.417. The maximum Gasteiger partial charge on any atom is 0.175 e. The molecule has 0 heterocycles. The van der Waals surface area contributed by atoms with E-state index in [9.17, 15) is 9.00 Å². The molecule has 3 nitrogen and oxygen atoms in total. The van der Waals surface area contributed by atoms with Gasteiger partial charge in [0.2, 0.25) is 0 Å². The second-order valence-electron chi connectivity index (χ2n) is 4.46. The summed E-state index contributed by atoms with van der Waals surface area (Å²) in [5.41, 5.74) is 3.90. The smallest absolute Gasteiger partial charge is 0.175 e. The molecule has 0 saturated carbocycles. The molecule has 4 heteroatoms. The first kappa shape index (κ1) is 15.1. The first-order valence-corrected chi connectivity index (χ1v) is 7.39. The van der Waals surface area contributed by atoms with Gasteiger partial charge < -0.3 is 4.74 Å². The van der Waals surface area contributed by atoms with Crippen LogP contribution in [-0.4, -0.2) is 35.2 Å². The summed E-state index contributed by atoms with van der Waals surface area (Å²) in [4.78, 5) is 12.1. The van der Waals surface area contributed by atoms with E-state index in [1.165, 1.54) is 5.56 Å². The highest BCUT2D eigenvalue weighted by Crippen LogP contribution is 2.16. The average molecular weight is 268 g/mol. The molecule has 18 heavy (non-hydrogen) atoms. The van der Waals surface area contributed by atoms with E-state index in [1.54, 1.807) is 7.11 Å². The third-order valence-corrected chi connectivity index (χ3v) is 4.15. The van der Waals surface area contributed by atoms with Crippen LogP contribution >= 0.6 is 0 Å². The Bertz CT molecular complexity index is 466. The van der Waals surface area contributed by atoms with Crippen molar-refractivity contribution >= 4 is 16.6 Å². The standard InChI is InChI=1S/C14H20O3S/c1-10-7-12(3)13(8-11(10)2)14(15)9-18(16)6-5-17-4/h7-8H,5-6,9H2,1-4H3. The fourth-order valence-electron chi connectivity index (χ4n) is 1.73. The molecule has 0 fully saturated rings. The number of aryl methyl sites for hydroxylation is 3. The fraction of sp³-hybridized carbons (Fsp3) is 0.500. The third kappa shape index (κ3) is 4.03. The summed E-state index contributed by atoms with van der Waals surface area (Å²) in [6.45, 7) is 6.34. The molecule has 1 aromatic carbocycles. The molecule has 1 unspecified atom stereocenters. The van der Waals surface area contributed by atoms with E-state index in [1.807, 2.05) is 32.9 Å². The molecule has 0 aliphatic carbocycles. The van der Waals surface area contributed by atoms with Crippen molar-refractivity contribution in [3.63, 3.8) is 0 Å². The first-order valence-electron chi connectivity index (χ1n) is 5.90. The number of Topliss-reactive ketones (excluding diaryl/α,β-unsaturated/α-hetero) is 1. The Labute approximate surface area is 111 Å². The summed E-state index contributed by atoms with van der Waals surface area (Å²) in [5.74, 6) is 0.434. The summed E-state index contributed by atoms with van der Waals surface area (Å²) in [6.07, 6.45) is 0. The number of methoxy groups -OCH3 is 1. The number of benzene rings is 1. The molecule has 0 spiro atoms. The van der Waals surface area contributed by atoms with Gasteiger partial charge >= 0.3 is 0 Å². The number of ether oxygens (including phenoxy) is 1. The largest absolute Gasteiger partial charge is 0.384 e. The zero-order valence-electron chi connectivity index (χ0n) is 11.4. The summed E-state index contributed by atoms with van der Waals surface area (Å²) in [5, 5.41) is 0. The van der Waals surface area contributed by atoms with E-state index >= 15 is 0 Å². The van der Waals surface area contributed by atoms with Gasteiger partial charge in [-0.1, -0.05) is 6.07 Å². The van der Waals surface area contributed by atoms with E-state index in [4.69, 9.17) is 4.74 Å². The second-order valence-corrected chi connectivity index (χ2v) is 6.03.